The fourth-order valence-corrected chi connectivity index (χ4v) is 2.05. The number of benzene rings is 1. The third-order valence-electron chi connectivity index (χ3n) is 1.73. The maximum absolute atomic E-state index is 12.4. The van der Waals surface area contributed by atoms with Gasteiger partial charge in [0, 0.05) is 10.0 Å². The summed E-state index contributed by atoms with van der Waals surface area (Å²) in [5.74, 6) is -0.395. The lowest BCUT2D eigenvalue weighted by Crippen LogP contribution is -2.10. The zero-order valence-corrected chi connectivity index (χ0v) is 10.4. The zero-order chi connectivity index (χ0) is 11.6. The van der Waals surface area contributed by atoms with Crippen molar-refractivity contribution in [2.45, 2.75) is 6.18 Å². The van der Waals surface area contributed by atoms with E-state index in [1.165, 1.54) is 12.1 Å². The van der Waals surface area contributed by atoms with Crippen LogP contribution in [-0.2, 0) is 6.18 Å². The van der Waals surface area contributed by atoms with Crippen molar-refractivity contribution in [2.24, 2.45) is 0 Å². The first-order valence-corrected chi connectivity index (χ1v) is 5.74. The predicted octanol–water partition coefficient (Wildman–Crippen LogP) is 4.05. The topological polar surface area (TPSA) is 17.1 Å². The molecule has 0 amide bonds. The Morgan fingerprint density at radius 1 is 1.33 bits per heavy atom. The second kappa shape index (κ2) is 4.65. The van der Waals surface area contributed by atoms with Gasteiger partial charge in [-0.3, -0.25) is 4.79 Å². The summed E-state index contributed by atoms with van der Waals surface area (Å²) in [7, 11) is 0. The van der Waals surface area contributed by atoms with E-state index in [2.05, 4.69) is 31.9 Å². The van der Waals surface area contributed by atoms with Crippen molar-refractivity contribution in [2.75, 3.05) is 5.33 Å². The number of alkyl halides is 4. The molecule has 0 bridgehead atoms. The van der Waals surface area contributed by atoms with E-state index in [0.717, 1.165) is 6.07 Å². The lowest BCUT2D eigenvalue weighted by molar-refractivity contribution is -0.138. The molecule has 6 heteroatoms. The molecule has 0 heterocycles. The lowest BCUT2D eigenvalue weighted by atomic mass is 10.1. The van der Waals surface area contributed by atoms with E-state index in [1.807, 2.05) is 0 Å². The molecule has 1 aromatic rings. The van der Waals surface area contributed by atoms with Crippen LogP contribution in [0.3, 0.4) is 0 Å². The number of hydrogen-bond donors (Lipinski definition) is 0. The maximum Gasteiger partial charge on any atom is 0.417 e. The number of Topliss-reactive ketones (excluding diaryl/α,β-unsaturated/α-hetero) is 1. The molecule has 0 unspecified atom stereocenters. The van der Waals surface area contributed by atoms with E-state index in [0.29, 0.717) is 0 Å². The van der Waals surface area contributed by atoms with Crippen LogP contribution in [0.1, 0.15) is 15.9 Å². The maximum atomic E-state index is 12.4. The molecule has 0 spiro atoms. The van der Waals surface area contributed by atoms with Crippen LogP contribution < -0.4 is 0 Å². The zero-order valence-electron chi connectivity index (χ0n) is 7.24. The number of ketones is 1. The molecule has 15 heavy (non-hydrogen) atoms. The molecule has 0 fully saturated rings. The monoisotopic (exact) mass is 344 g/mol. The minimum absolute atomic E-state index is 0.00703. The first-order valence-electron chi connectivity index (χ1n) is 3.82. The van der Waals surface area contributed by atoms with Crippen molar-refractivity contribution in [1.29, 1.82) is 0 Å². The summed E-state index contributed by atoms with van der Waals surface area (Å²) < 4.78 is 37.1. The molecule has 0 aromatic heterocycles. The van der Waals surface area contributed by atoms with Crippen LogP contribution in [0.5, 0.6) is 0 Å². The number of carbonyl (C=O) groups is 1. The third kappa shape index (κ3) is 2.81. The molecule has 0 aliphatic heterocycles. The van der Waals surface area contributed by atoms with Crippen molar-refractivity contribution < 1.29 is 18.0 Å². The smallest absolute Gasteiger partial charge is 0.293 e. The van der Waals surface area contributed by atoms with Crippen LogP contribution in [0.15, 0.2) is 22.7 Å². The highest BCUT2D eigenvalue weighted by atomic mass is 79.9. The van der Waals surface area contributed by atoms with Gasteiger partial charge in [-0.1, -0.05) is 28.1 Å². The number of halogens is 5. The molecule has 0 saturated heterocycles. The summed E-state index contributed by atoms with van der Waals surface area (Å²) in [6.07, 6.45) is -4.46. The van der Waals surface area contributed by atoms with E-state index in [1.54, 1.807) is 0 Å². The van der Waals surface area contributed by atoms with Gasteiger partial charge < -0.3 is 0 Å². The van der Waals surface area contributed by atoms with Gasteiger partial charge >= 0.3 is 6.18 Å². The molecule has 0 aliphatic carbocycles. The summed E-state index contributed by atoms with van der Waals surface area (Å²) in [5.41, 5.74) is -0.809. The summed E-state index contributed by atoms with van der Waals surface area (Å²) in [5, 5.41) is -0.00703. The van der Waals surface area contributed by atoms with Crippen molar-refractivity contribution in [1.82, 2.24) is 0 Å². The SMILES string of the molecule is O=C(CBr)c1cccc(C(F)(F)F)c1Br. The summed E-state index contributed by atoms with van der Waals surface area (Å²) in [4.78, 5) is 11.3. The Balaban J connectivity index is 3.30. The number of hydrogen-bond acceptors (Lipinski definition) is 1. The minimum Gasteiger partial charge on any atom is -0.293 e. The molecule has 0 atom stereocenters. The predicted molar refractivity (Wildman–Crippen MR) is 57.3 cm³/mol. The molecule has 0 aliphatic rings. The van der Waals surface area contributed by atoms with Gasteiger partial charge in [0.15, 0.2) is 5.78 Å². The van der Waals surface area contributed by atoms with Crippen molar-refractivity contribution in [3.05, 3.63) is 33.8 Å². The van der Waals surface area contributed by atoms with Gasteiger partial charge in [0.25, 0.3) is 0 Å². The normalized spacial score (nSPS) is 11.5. The molecule has 0 N–H and O–H groups in total. The Morgan fingerprint density at radius 2 is 1.93 bits per heavy atom. The van der Waals surface area contributed by atoms with Gasteiger partial charge in [-0.2, -0.15) is 13.2 Å². The van der Waals surface area contributed by atoms with Crippen LogP contribution in [0.2, 0.25) is 0 Å². The standard InChI is InChI=1S/C9H5Br2F3O/c10-4-7(15)5-2-1-3-6(8(5)11)9(12,13)14/h1-3H,4H2. The second-order valence-corrected chi connectivity index (χ2v) is 4.08. The van der Waals surface area contributed by atoms with E-state index >= 15 is 0 Å². The Morgan fingerprint density at radius 3 is 2.40 bits per heavy atom. The van der Waals surface area contributed by atoms with Crippen molar-refractivity contribution in [3.8, 4) is 0 Å². The van der Waals surface area contributed by atoms with Gasteiger partial charge in [0.05, 0.1) is 10.9 Å². The first-order chi connectivity index (χ1) is 6.88. The molecule has 1 aromatic carbocycles. The second-order valence-electron chi connectivity index (χ2n) is 2.72. The van der Waals surface area contributed by atoms with Crippen LogP contribution in [0, 0.1) is 0 Å². The van der Waals surface area contributed by atoms with Gasteiger partial charge in [-0.25, -0.2) is 0 Å². The van der Waals surface area contributed by atoms with Crippen molar-refractivity contribution in [3.63, 3.8) is 0 Å². The molecular weight excluding hydrogens is 341 g/mol. The van der Waals surface area contributed by atoms with E-state index in [9.17, 15) is 18.0 Å². The third-order valence-corrected chi connectivity index (χ3v) is 3.09. The van der Waals surface area contributed by atoms with E-state index in [-0.39, 0.29) is 15.4 Å². The van der Waals surface area contributed by atoms with Gasteiger partial charge in [0.2, 0.25) is 0 Å². The first kappa shape index (κ1) is 12.7. The Bertz CT molecular complexity index is 387. The van der Waals surface area contributed by atoms with Gasteiger partial charge in [0.1, 0.15) is 0 Å². The molecule has 1 rings (SSSR count). The van der Waals surface area contributed by atoms with Crippen LogP contribution in [0.4, 0.5) is 13.2 Å². The quantitative estimate of drug-likeness (QED) is 0.584. The Kier molecular flexibility index (Phi) is 3.94. The molecule has 1 nitrogen and oxygen atoms in total. The number of carbonyl (C=O) groups excluding carboxylic acids is 1. The average molecular weight is 346 g/mol. The van der Waals surface area contributed by atoms with Gasteiger partial charge in [-0.05, 0) is 22.0 Å². The highest BCUT2D eigenvalue weighted by molar-refractivity contribution is 9.10. The highest BCUT2D eigenvalue weighted by Crippen LogP contribution is 2.36. The average Bonchev–Trinajstić information content (AvgIpc) is 2.15. The summed E-state index contributed by atoms with van der Waals surface area (Å²) >= 11 is 5.71. The summed E-state index contributed by atoms with van der Waals surface area (Å²) in [6.45, 7) is 0. The minimum atomic E-state index is -4.46. The largest absolute Gasteiger partial charge is 0.417 e. The number of rotatable bonds is 2. The van der Waals surface area contributed by atoms with Crippen LogP contribution in [-0.4, -0.2) is 11.1 Å². The molecule has 0 saturated carbocycles. The van der Waals surface area contributed by atoms with Crippen molar-refractivity contribution >= 4 is 37.6 Å². The van der Waals surface area contributed by atoms with Crippen LogP contribution in [0.25, 0.3) is 0 Å². The van der Waals surface area contributed by atoms with E-state index < -0.39 is 17.5 Å². The fourth-order valence-electron chi connectivity index (χ4n) is 1.04. The molecule has 0 radical (unpaired) electrons. The Labute approximate surface area is 101 Å². The summed E-state index contributed by atoms with van der Waals surface area (Å²) in [6, 6.07) is 3.49. The lowest BCUT2D eigenvalue weighted by Gasteiger charge is -2.11. The highest BCUT2D eigenvalue weighted by Gasteiger charge is 2.34. The van der Waals surface area contributed by atoms with Crippen LogP contribution >= 0.6 is 31.9 Å². The van der Waals surface area contributed by atoms with E-state index in [4.69, 9.17) is 0 Å². The van der Waals surface area contributed by atoms with Gasteiger partial charge in [-0.15, -0.1) is 0 Å². The molecular formula is C9H5Br2F3O. The fraction of sp³-hybridized carbons (Fsp3) is 0.222. The Hall–Kier alpha value is -0.360. The molecule has 82 valence electrons.